The maximum Gasteiger partial charge on any atom is 0.306 e. The highest BCUT2D eigenvalue weighted by atomic mass is 16.5. The van der Waals surface area contributed by atoms with E-state index in [1.54, 1.807) is 0 Å². The molecule has 0 heterocycles. The minimum atomic E-state index is -0.326. The summed E-state index contributed by atoms with van der Waals surface area (Å²) in [5.74, 6) is -0.0602. The predicted octanol–water partition coefficient (Wildman–Crippen LogP) is 13.9. The number of ether oxygens (including phenoxy) is 2. The van der Waals surface area contributed by atoms with Crippen LogP contribution in [-0.4, -0.2) is 96.1 Å². The lowest BCUT2D eigenvalue weighted by molar-refractivity contribution is -0.150. The molecule has 0 fully saturated rings. The highest BCUT2D eigenvalue weighted by molar-refractivity contribution is 5.69. The lowest BCUT2D eigenvalue weighted by Crippen LogP contribution is -2.38. The molecule has 0 aromatic carbocycles. The molecule has 364 valence electrons. The SMILES string of the molecule is CCCCCCCCCCCOC(=O)CCCCCN(CCCN(CCCCCCCC(=O)OC(CCCCCCCC)CCCCCCCC)CC(O)CC)CC(O)CC. The van der Waals surface area contributed by atoms with Crippen molar-refractivity contribution in [3.8, 4) is 0 Å². The van der Waals surface area contributed by atoms with Crippen molar-refractivity contribution in [1.29, 1.82) is 0 Å². The van der Waals surface area contributed by atoms with E-state index in [1.165, 1.54) is 122 Å². The third-order valence-electron chi connectivity index (χ3n) is 12.6. The van der Waals surface area contributed by atoms with E-state index in [0.717, 1.165) is 122 Å². The molecule has 0 aliphatic heterocycles. The van der Waals surface area contributed by atoms with Crippen LogP contribution in [0.15, 0.2) is 0 Å². The molecule has 0 aromatic rings. The van der Waals surface area contributed by atoms with Crippen LogP contribution in [0.2, 0.25) is 0 Å². The molecule has 0 aliphatic rings. The Hall–Kier alpha value is -1.22. The number of carbonyl (C=O) groups excluding carboxylic acids is 2. The Bertz CT molecular complexity index is 905. The van der Waals surface area contributed by atoms with Gasteiger partial charge in [-0.3, -0.25) is 9.59 Å². The second-order valence-electron chi connectivity index (χ2n) is 18.7. The van der Waals surface area contributed by atoms with Gasteiger partial charge in [0.15, 0.2) is 0 Å². The van der Waals surface area contributed by atoms with Gasteiger partial charge in [-0.05, 0) is 103 Å². The van der Waals surface area contributed by atoms with E-state index >= 15 is 0 Å². The lowest BCUT2D eigenvalue weighted by Gasteiger charge is -2.28. The van der Waals surface area contributed by atoms with Crippen molar-refractivity contribution < 1.29 is 29.3 Å². The van der Waals surface area contributed by atoms with E-state index in [9.17, 15) is 19.8 Å². The van der Waals surface area contributed by atoms with E-state index in [2.05, 4.69) is 30.6 Å². The summed E-state index contributed by atoms with van der Waals surface area (Å²) in [6.07, 6.45) is 39.8. The van der Waals surface area contributed by atoms with Gasteiger partial charge in [0, 0.05) is 25.9 Å². The number of carbonyl (C=O) groups is 2. The van der Waals surface area contributed by atoms with Gasteiger partial charge in [0.25, 0.3) is 0 Å². The first-order chi connectivity index (χ1) is 29.8. The quantitative estimate of drug-likeness (QED) is 0.0461. The number of unbranched alkanes of at least 4 members (excludes halogenated alkanes) is 24. The van der Waals surface area contributed by atoms with Crippen molar-refractivity contribution in [2.24, 2.45) is 0 Å². The summed E-state index contributed by atoms with van der Waals surface area (Å²) < 4.78 is 11.6. The van der Waals surface area contributed by atoms with Gasteiger partial charge in [-0.2, -0.15) is 0 Å². The topological polar surface area (TPSA) is 99.5 Å². The van der Waals surface area contributed by atoms with E-state index in [1.807, 2.05) is 13.8 Å². The summed E-state index contributed by atoms with van der Waals surface area (Å²) in [5, 5.41) is 21.0. The summed E-state index contributed by atoms with van der Waals surface area (Å²) in [6.45, 7) is 16.6. The van der Waals surface area contributed by atoms with Crippen LogP contribution in [0.4, 0.5) is 0 Å². The van der Waals surface area contributed by atoms with Crippen molar-refractivity contribution in [3.05, 3.63) is 0 Å². The molecule has 2 unspecified atom stereocenters. The highest BCUT2D eigenvalue weighted by Crippen LogP contribution is 2.19. The first-order valence-electron chi connectivity index (χ1n) is 26.9. The Balaban J connectivity index is 4.47. The minimum absolute atomic E-state index is 0.00158. The molecule has 0 spiro atoms. The monoisotopic (exact) mass is 867 g/mol. The van der Waals surface area contributed by atoms with Gasteiger partial charge in [-0.15, -0.1) is 0 Å². The molecular formula is C53H106N2O6. The molecule has 0 aliphatic carbocycles. The number of hydrogen-bond acceptors (Lipinski definition) is 8. The Kier molecular flexibility index (Phi) is 45.8. The molecular weight excluding hydrogens is 761 g/mol. The number of esters is 2. The van der Waals surface area contributed by atoms with E-state index in [-0.39, 0.29) is 30.3 Å². The van der Waals surface area contributed by atoms with Crippen LogP contribution in [0.1, 0.15) is 266 Å². The molecule has 8 nitrogen and oxygen atoms in total. The van der Waals surface area contributed by atoms with Crippen molar-refractivity contribution in [1.82, 2.24) is 9.80 Å². The maximum absolute atomic E-state index is 12.8. The molecule has 0 saturated carbocycles. The van der Waals surface area contributed by atoms with Crippen LogP contribution >= 0.6 is 0 Å². The maximum atomic E-state index is 12.8. The van der Waals surface area contributed by atoms with Gasteiger partial charge in [0.1, 0.15) is 6.10 Å². The molecule has 61 heavy (non-hydrogen) atoms. The van der Waals surface area contributed by atoms with Crippen LogP contribution in [0, 0.1) is 0 Å². The molecule has 0 saturated heterocycles. The number of aliphatic hydroxyl groups is 2. The molecule has 0 rings (SSSR count). The smallest absolute Gasteiger partial charge is 0.306 e. The Morgan fingerprint density at radius 2 is 0.754 bits per heavy atom. The predicted molar refractivity (Wildman–Crippen MR) is 260 cm³/mol. The fourth-order valence-electron chi connectivity index (χ4n) is 8.36. The molecule has 0 amide bonds. The van der Waals surface area contributed by atoms with Crippen molar-refractivity contribution in [3.63, 3.8) is 0 Å². The molecule has 0 aromatic heterocycles. The molecule has 0 radical (unpaired) electrons. The number of nitrogens with zero attached hydrogens (tertiary/aromatic N) is 2. The van der Waals surface area contributed by atoms with Gasteiger partial charge in [-0.1, -0.05) is 176 Å². The number of hydrogen-bond donors (Lipinski definition) is 2. The van der Waals surface area contributed by atoms with Gasteiger partial charge in [-0.25, -0.2) is 0 Å². The standard InChI is InChI=1S/C53H106N2O6/c1-6-11-14-17-20-21-22-28-36-46-60-52(58)40-33-29-35-43-55(48-50(57)10-5)45-37-44-54(47-49(56)9-4)42-34-27-23-26-32-41-53(59)61-51(38-30-24-18-15-12-7-2)39-31-25-19-16-13-8-3/h49-51,56-57H,6-48H2,1-5H3. The fourth-order valence-corrected chi connectivity index (χ4v) is 8.36. The molecule has 0 bridgehead atoms. The third kappa shape index (κ3) is 42.5. The second kappa shape index (κ2) is 46.8. The summed E-state index contributed by atoms with van der Waals surface area (Å²) >= 11 is 0. The van der Waals surface area contributed by atoms with Crippen LogP contribution in [0.25, 0.3) is 0 Å². The third-order valence-corrected chi connectivity index (χ3v) is 12.6. The normalized spacial score (nSPS) is 12.8. The summed E-state index contributed by atoms with van der Waals surface area (Å²) in [5.41, 5.74) is 0. The van der Waals surface area contributed by atoms with Gasteiger partial charge < -0.3 is 29.5 Å². The average molecular weight is 867 g/mol. The molecule has 2 atom stereocenters. The summed E-state index contributed by atoms with van der Waals surface area (Å²) in [6, 6.07) is 0. The van der Waals surface area contributed by atoms with Crippen LogP contribution in [0.3, 0.4) is 0 Å². The first-order valence-corrected chi connectivity index (χ1v) is 26.9. The fraction of sp³-hybridized carbons (Fsp3) is 0.962. The Labute approximate surface area is 379 Å². The Morgan fingerprint density at radius 3 is 1.20 bits per heavy atom. The van der Waals surface area contributed by atoms with Gasteiger partial charge in [0.05, 0.1) is 18.8 Å². The largest absolute Gasteiger partial charge is 0.466 e. The van der Waals surface area contributed by atoms with Crippen LogP contribution < -0.4 is 0 Å². The molecule has 2 N–H and O–H groups in total. The number of rotatable bonds is 49. The van der Waals surface area contributed by atoms with Crippen LogP contribution in [-0.2, 0) is 19.1 Å². The second-order valence-corrected chi connectivity index (χ2v) is 18.7. The van der Waals surface area contributed by atoms with Crippen molar-refractivity contribution in [2.45, 2.75) is 284 Å². The van der Waals surface area contributed by atoms with Crippen molar-refractivity contribution >= 4 is 11.9 Å². The van der Waals surface area contributed by atoms with Crippen LogP contribution in [0.5, 0.6) is 0 Å². The zero-order valence-electron chi connectivity index (χ0n) is 41.6. The minimum Gasteiger partial charge on any atom is -0.466 e. The number of aliphatic hydroxyl groups excluding tert-OH is 2. The highest BCUT2D eigenvalue weighted by Gasteiger charge is 2.16. The van der Waals surface area contributed by atoms with Gasteiger partial charge >= 0.3 is 11.9 Å². The summed E-state index contributed by atoms with van der Waals surface area (Å²) in [4.78, 5) is 29.9. The first kappa shape index (κ1) is 59.8. The van der Waals surface area contributed by atoms with E-state index < -0.39 is 0 Å². The molecule has 8 heteroatoms. The lowest BCUT2D eigenvalue weighted by atomic mass is 10.0. The van der Waals surface area contributed by atoms with Crippen molar-refractivity contribution in [2.75, 3.05) is 45.9 Å². The van der Waals surface area contributed by atoms with E-state index in [4.69, 9.17) is 9.47 Å². The Morgan fingerprint density at radius 1 is 0.410 bits per heavy atom. The average Bonchev–Trinajstić information content (AvgIpc) is 3.25. The van der Waals surface area contributed by atoms with Gasteiger partial charge in [0.2, 0.25) is 0 Å². The zero-order chi connectivity index (χ0) is 44.9. The zero-order valence-corrected chi connectivity index (χ0v) is 41.6. The summed E-state index contributed by atoms with van der Waals surface area (Å²) in [7, 11) is 0. The van der Waals surface area contributed by atoms with E-state index in [0.29, 0.717) is 32.5 Å².